The molecule has 0 aliphatic heterocycles. The summed E-state index contributed by atoms with van der Waals surface area (Å²) in [5.74, 6) is 0.308. The van der Waals surface area contributed by atoms with Crippen molar-refractivity contribution in [1.29, 1.82) is 0 Å². The topological polar surface area (TPSA) is 82.5 Å². The maximum atomic E-state index is 12.4. The van der Waals surface area contributed by atoms with Crippen LogP contribution in [0.3, 0.4) is 0 Å². The first kappa shape index (κ1) is 20.5. The van der Waals surface area contributed by atoms with Gasteiger partial charge in [-0.3, -0.25) is 9.36 Å². The minimum atomic E-state index is -0.448. The van der Waals surface area contributed by atoms with E-state index in [-0.39, 0.29) is 11.7 Å². The fraction of sp³-hybridized carbons (Fsp3) is 0.190. The molecule has 0 saturated carbocycles. The van der Waals surface area contributed by atoms with Crippen molar-refractivity contribution in [2.24, 2.45) is 0 Å². The fourth-order valence-electron chi connectivity index (χ4n) is 2.65. The van der Waals surface area contributed by atoms with Crippen molar-refractivity contribution in [3.8, 4) is 11.4 Å². The van der Waals surface area contributed by atoms with Crippen LogP contribution < -0.4 is 10.1 Å². The summed E-state index contributed by atoms with van der Waals surface area (Å²) >= 11 is 1.32. The summed E-state index contributed by atoms with van der Waals surface area (Å²) in [5.41, 5.74) is 2.75. The molecule has 0 radical (unpaired) electrons. The number of esters is 1. The van der Waals surface area contributed by atoms with Gasteiger partial charge in [0, 0.05) is 23.8 Å². The number of carbonyl (C=O) groups is 2. The van der Waals surface area contributed by atoms with Crippen LogP contribution in [0.2, 0.25) is 0 Å². The Bertz CT molecular complexity index is 1020. The lowest BCUT2D eigenvalue weighted by Crippen LogP contribution is -2.16. The summed E-state index contributed by atoms with van der Waals surface area (Å²) < 4.78 is 11.8. The van der Waals surface area contributed by atoms with Gasteiger partial charge in [0.15, 0.2) is 5.16 Å². The summed E-state index contributed by atoms with van der Waals surface area (Å²) in [5, 5.41) is 3.54. The van der Waals surface area contributed by atoms with Crippen LogP contribution in [0.4, 0.5) is 5.69 Å². The van der Waals surface area contributed by atoms with Gasteiger partial charge >= 0.3 is 5.97 Å². The van der Waals surface area contributed by atoms with Gasteiger partial charge in [0.05, 0.1) is 25.5 Å². The maximum absolute atomic E-state index is 12.4. The Morgan fingerprint density at radius 3 is 2.59 bits per heavy atom. The van der Waals surface area contributed by atoms with Gasteiger partial charge in [-0.15, -0.1) is 0 Å². The molecule has 0 bridgehead atoms. The van der Waals surface area contributed by atoms with E-state index < -0.39 is 5.97 Å². The van der Waals surface area contributed by atoms with Gasteiger partial charge in [-0.2, -0.15) is 0 Å². The van der Waals surface area contributed by atoms with Gasteiger partial charge in [0.25, 0.3) is 0 Å². The van der Waals surface area contributed by atoms with Crippen molar-refractivity contribution in [2.45, 2.75) is 12.1 Å². The largest absolute Gasteiger partial charge is 0.497 e. The SMILES string of the molecule is COC(=O)c1ccc(C)c(NC(=O)CSc2nccn2-c2ccc(OC)cc2)c1. The second-order valence-electron chi connectivity index (χ2n) is 6.14. The lowest BCUT2D eigenvalue weighted by molar-refractivity contribution is -0.113. The zero-order chi connectivity index (χ0) is 20.8. The van der Waals surface area contributed by atoms with E-state index in [9.17, 15) is 9.59 Å². The number of rotatable bonds is 7. The Hall–Kier alpha value is -3.26. The molecule has 0 aliphatic carbocycles. The van der Waals surface area contributed by atoms with E-state index in [1.807, 2.05) is 42.0 Å². The standard InChI is InChI=1S/C21H21N3O4S/c1-14-4-5-15(20(26)28-3)12-18(14)23-19(25)13-29-21-22-10-11-24(21)16-6-8-17(27-2)9-7-16/h4-12H,13H2,1-3H3,(H,23,25). The average Bonchev–Trinajstić information content (AvgIpc) is 3.22. The zero-order valence-corrected chi connectivity index (χ0v) is 17.2. The molecule has 7 nitrogen and oxygen atoms in total. The van der Waals surface area contributed by atoms with Crippen molar-refractivity contribution >= 4 is 29.3 Å². The van der Waals surface area contributed by atoms with Crippen LogP contribution in [-0.2, 0) is 9.53 Å². The number of benzene rings is 2. The van der Waals surface area contributed by atoms with E-state index in [4.69, 9.17) is 9.47 Å². The second-order valence-corrected chi connectivity index (χ2v) is 7.08. The highest BCUT2D eigenvalue weighted by atomic mass is 32.2. The lowest BCUT2D eigenvalue weighted by atomic mass is 10.1. The number of nitrogens with one attached hydrogen (secondary N) is 1. The maximum Gasteiger partial charge on any atom is 0.337 e. The first-order chi connectivity index (χ1) is 14.0. The van der Waals surface area contributed by atoms with Crippen molar-refractivity contribution < 1.29 is 19.1 Å². The van der Waals surface area contributed by atoms with E-state index in [0.29, 0.717) is 16.4 Å². The van der Waals surface area contributed by atoms with Gasteiger partial charge in [-0.05, 0) is 48.9 Å². The molecule has 0 aliphatic rings. The normalized spacial score (nSPS) is 10.4. The van der Waals surface area contributed by atoms with Gasteiger partial charge < -0.3 is 14.8 Å². The van der Waals surface area contributed by atoms with Crippen LogP contribution >= 0.6 is 11.8 Å². The van der Waals surface area contributed by atoms with Gasteiger partial charge in [-0.1, -0.05) is 17.8 Å². The third kappa shape index (κ3) is 4.97. The number of ether oxygens (including phenoxy) is 2. The number of carbonyl (C=O) groups excluding carboxylic acids is 2. The van der Waals surface area contributed by atoms with Crippen LogP contribution in [0.25, 0.3) is 5.69 Å². The van der Waals surface area contributed by atoms with E-state index in [0.717, 1.165) is 17.0 Å². The summed E-state index contributed by atoms with van der Waals surface area (Å²) in [6.07, 6.45) is 3.53. The molecule has 8 heteroatoms. The molecule has 150 valence electrons. The van der Waals surface area contributed by atoms with E-state index >= 15 is 0 Å². The Morgan fingerprint density at radius 1 is 1.14 bits per heavy atom. The van der Waals surface area contributed by atoms with Crippen molar-refractivity contribution in [2.75, 3.05) is 25.3 Å². The van der Waals surface area contributed by atoms with Gasteiger partial charge in [-0.25, -0.2) is 9.78 Å². The van der Waals surface area contributed by atoms with Crippen LogP contribution in [0.15, 0.2) is 60.0 Å². The minimum absolute atomic E-state index is 0.176. The van der Waals surface area contributed by atoms with Gasteiger partial charge in [0.2, 0.25) is 5.91 Å². The highest BCUT2D eigenvalue weighted by Crippen LogP contribution is 2.23. The Morgan fingerprint density at radius 2 is 1.90 bits per heavy atom. The van der Waals surface area contributed by atoms with Crippen molar-refractivity contribution in [1.82, 2.24) is 9.55 Å². The Kier molecular flexibility index (Phi) is 6.56. The van der Waals surface area contributed by atoms with Crippen LogP contribution in [0, 0.1) is 6.92 Å². The average molecular weight is 411 g/mol. The molecular weight excluding hydrogens is 390 g/mol. The summed E-state index contributed by atoms with van der Waals surface area (Å²) in [6, 6.07) is 12.6. The number of thioether (sulfide) groups is 1. The predicted molar refractivity (Wildman–Crippen MR) is 112 cm³/mol. The first-order valence-electron chi connectivity index (χ1n) is 8.81. The highest BCUT2D eigenvalue weighted by Gasteiger charge is 2.12. The molecule has 1 aromatic heterocycles. The fourth-order valence-corrected chi connectivity index (χ4v) is 3.43. The molecule has 3 rings (SSSR count). The number of methoxy groups -OCH3 is 2. The number of anilines is 1. The lowest BCUT2D eigenvalue weighted by Gasteiger charge is -2.11. The number of hydrogen-bond acceptors (Lipinski definition) is 6. The Labute approximate surface area is 173 Å². The van der Waals surface area contributed by atoms with E-state index in [1.165, 1.54) is 18.9 Å². The zero-order valence-electron chi connectivity index (χ0n) is 16.3. The molecule has 1 N–H and O–H groups in total. The molecule has 0 unspecified atom stereocenters. The third-order valence-corrected chi connectivity index (χ3v) is 5.19. The molecule has 0 atom stereocenters. The van der Waals surface area contributed by atoms with Crippen LogP contribution in [0.1, 0.15) is 15.9 Å². The highest BCUT2D eigenvalue weighted by molar-refractivity contribution is 7.99. The minimum Gasteiger partial charge on any atom is -0.497 e. The van der Waals surface area contributed by atoms with Gasteiger partial charge in [0.1, 0.15) is 5.75 Å². The number of aryl methyl sites for hydroxylation is 1. The third-order valence-electron chi connectivity index (χ3n) is 4.22. The molecule has 1 amide bonds. The van der Waals surface area contributed by atoms with Crippen LogP contribution in [-0.4, -0.2) is 41.4 Å². The molecule has 3 aromatic rings. The molecule has 0 saturated heterocycles. The smallest absolute Gasteiger partial charge is 0.337 e. The van der Waals surface area contributed by atoms with E-state index in [2.05, 4.69) is 10.3 Å². The quantitative estimate of drug-likeness (QED) is 0.471. The summed E-state index contributed by atoms with van der Waals surface area (Å²) in [6.45, 7) is 1.86. The van der Waals surface area contributed by atoms with Crippen molar-refractivity contribution in [3.63, 3.8) is 0 Å². The molecule has 29 heavy (non-hydrogen) atoms. The molecular formula is C21H21N3O4S. The monoisotopic (exact) mass is 411 g/mol. The predicted octanol–water partition coefficient (Wildman–Crippen LogP) is 3.71. The summed E-state index contributed by atoms with van der Waals surface area (Å²) in [7, 11) is 2.94. The molecule has 0 spiro atoms. The molecule has 1 heterocycles. The van der Waals surface area contributed by atoms with E-state index in [1.54, 1.807) is 31.5 Å². The molecule has 0 fully saturated rings. The number of imidazole rings is 1. The Balaban J connectivity index is 1.66. The second kappa shape index (κ2) is 9.29. The number of hydrogen-bond donors (Lipinski definition) is 1. The number of aromatic nitrogens is 2. The number of nitrogens with zero attached hydrogens (tertiary/aromatic N) is 2. The first-order valence-corrected chi connectivity index (χ1v) is 9.79. The van der Waals surface area contributed by atoms with Crippen LogP contribution in [0.5, 0.6) is 5.75 Å². The number of amides is 1. The van der Waals surface area contributed by atoms with Crippen molar-refractivity contribution in [3.05, 3.63) is 66.0 Å². The molecule has 2 aromatic carbocycles. The summed E-state index contributed by atoms with van der Waals surface area (Å²) in [4.78, 5) is 28.5.